The van der Waals surface area contributed by atoms with Crippen LogP contribution in [-0.2, 0) is 10.0 Å². The lowest BCUT2D eigenvalue weighted by Gasteiger charge is -2.39. The number of aromatic nitrogens is 1. The predicted octanol–water partition coefficient (Wildman–Crippen LogP) is 5.25. The van der Waals surface area contributed by atoms with E-state index in [-0.39, 0.29) is 16.1 Å². The number of hydrogen-bond acceptors (Lipinski definition) is 6. The van der Waals surface area contributed by atoms with Gasteiger partial charge in [0, 0.05) is 48.3 Å². The van der Waals surface area contributed by atoms with Crippen molar-refractivity contribution in [3.63, 3.8) is 0 Å². The maximum Gasteiger partial charge on any atom is 0.336 e. The number of carbonyl (C=O) groups is 1. The van der Waals surface area contributed by atoms with Crippen LogP contribution in [0.4, 0.5) is 11.5 Å². The Hall–Kier alpha value is -2.88. The van der Waals surface area contributed by atoms with Gasteiger partial charge in [0.2, 0.25) is 0 Å². The zero-order chi connectivity index (χ0) is 26.9. The lowest BCUT2D eigenvalue weighted by Crippen LogP contribution is -2.50. The number of rotatable bonds is 8. The summed E-state index contributed by atoms with van der Waals surface area (Å²) in [5, 5.41) is 10.7. The third-order valence-electron chi connectivity index (χ3n) is 6.86. The molecule has 8 nitrogen and oxygen atoms in total. The molecule has 2 N–H and O–H groups in total. The number of benzene rings is 2. The predicted molar refractivity (Wildman–Crippen MR) is 148 cm³/mol. The van der Waals surface area contributed by atoms with Crippen molar-refractivity contribution in [1.82, 2.24) is 9.88 Å². The molecule has 198 valence electrons. The summed E-state index contributed by atoms with van der Waals surface area (Å²) in [6.07, 6.45) is 1.14. The van der Waals surface area contributed by atoms with Crippen LogP contribution in [0.3, 0.4) is 0 Å². The number of halogens is 1. The summed E-state index contributed by atoms with van der Waals surface area (Å²) < 4.78 is 28.6. The van der Waals surface area contributed by atoms with Crippen LogP contribution in [0.5, 0.6) is 0 Å². The summed E-state index contributed by atoms with van der Waals surface area (Å²) in [6, 6.07) is 11.5. The Morgan fingerprint density at radius 3 is 2.46 bits per heavy atom. The van der Waals surface area contributed by atoms with E-state index in [0.29, 0.717) is 39.3 Å². The van der Waals surface area contributed by atoms with E-state index in [2.05, 4.69) is 35.3 Å². The highest BCUT2D eigenvalue weighted by Crippen LogP contribution is 2.29. The van der Waals surface area contributed by atoms with Gasteiger partial charge in [0.25, 0.3) is 10.0 Å². The van der Waals surface area contributed by atoms with Gasteiger partial charge in [-0.3, -0.25) is 9.62 Å². The number of piperazine rings is 1. The molecule has 4 rings (SSSR count). The molecule has 37 heavy (non-hydrogen) atoms. The number of carboxylic acid groups (broad SMARTS) is 1. The average molecular weight is 545 g/mol. The maximum atomic E-state index is 13.0. The Labute approximate surface area is 223 Å². The first-order valence-corrected chi connectivity index (χ1v) is 14.3. The highest BCUT2D eigenvalue weighted by molar-refractivity contribution is 7.92. The molecule has 0 spiro atoms. The number of sulfonamides is 1. The number of aromatic carboxylic acids is 1. The van der Waals surface area contributed by atoms with Crippen LogP contribution < -0.4 is 9.62 Å². The summed E-state index contributed by atoms with van der Waals surface area (Å²) >= 11 is 6.11. The smallest absolute Gasteiger partial charge is 0.336 e. The van der Waals surface area contributed by atoms with Crippen molar-refractivity contribution in [2.75, 3.05) is 35.8 Å². The zero-order valence-electron chi connectivity index (χ0n) is 21.5. The topological polar surface area (TPSA) is 103 Å². The molecule has 1 fully saturated rings. The Morgan fingerprint density at radius 1 is 1.11 bits per heavy atom. The van der Waals surface area contributed by atoms with Gasteiger partial charge in [-0.25, -0.2) is 18.2 Å². The minimum Gasteiger partial charge on any atom is -0.478 e. The van der Waals surface area contributed by atoms with Gasteiger partial charge in [0.1, 0.15) is 5.82 Å². The first-order valence-electron chi connectivity index (χ1n) is 12.4. The summed E-state index contributed by atoms with van der Waals surface area (Å²) in [5.74, 6) is 0.157. The third kappa shape index (κ3) is 6.00. The molecule has 1 aromatic heterocycles. The molecule has 1 saturated heterocycles. The number of fused-ring (bicyclic) bond motifs is 1. The third-order valence-corrected chi connectivity index (χ3v) is 8.79. The second-order valence-electron chi connectivity index (χ2n) is 10.0. The fourth-order valence-electron chi connectivity index (χ4n) is 4.93. The average Bonchev–Trinajstić information content (AvgIpc) is 2.84. The molecule has 10 heteroatoms. The second kappa shape index (κ2) is 10.8. The fraction of sp³-hybridized carbons (Fsp3) is 0.407. The summed E-state index contributed by atoms with van der Waals surface area (Å²) in [7, 11) is -3.93. The molecule has 0 aliphatic carbocycles. The zero-order valence-corrected chi connectivity index (χ0v) is 23.1. The van der Waals surface area contributed by atoms with Crippen LogP contribution in [0, 0.1) is 12.8 Å². The van der Waals surface area contributed by atoms with E-state index in [9.17, 15) is 18.3 Å². The van der Waals surface area contributed by atoms with Crippen molar-refractivity contribution in [2.45, 2.75) is 45.1 Å². The molecule has 1 aliphatic rings. The van der Waals surface area contributed by atoms with Crippen molar-refractivity contribution in [3.05, 3.63) is 58.6 Å². The van der Waals surface area contributed by atoms with E-state index in [1.54, 1.807) is 37.3 Å². The van der Waals surface area contributed by atoms with E-state index in [4.69, 9.17) is 16.6 Å². The van der Waals surface area contributed by atoms with Crippen molar-refractivity contribution in [1.29, 1.82) is 0 Å². The van der Waals surface area contributed by atoms with Gasteiger partial charge in [0.05, 0.1) is 16.0 Å². The van der Waals surface area contributed by atoms with Gasteiger partial charge < -0.3 is 10.0 Å². The van der Waals surface area contributed by atoms with Crippen LogP contribution in [0.15, 0.2) is 47.4 Å². The molecular weight excluding hydrogens is 512 g/mol. The standard InChI is InChI=1S/C27H33ClN4O4S/c1-17(2)14-18(3)31-10-12-32(13-11-31)26-16-22(27(33)34)21-15-20(8-9-24(21)29-26)30-37(35,36)25-7-5-6-23(28)19(25)4/h5-9,15-18,30H,10-14H2,1-4H3,(H,33,34). The number of pyridine rings is 1. The van der Waals surface area contributed by atoms with E-state index < -0.39 is 16.0 Å². The SMILES string of the molecule is Cc1c(Cl)cccc1S(=O)(=O)Nc1ccc2nc(N3CCN(C(C)CC(C)C)CC3)cc(C(=O)O)c2c1. The van der Waals surface area contributed by atoms with Crippen LogP contribution in [0.1, 0.15) is 43.1 Å². The lowest BCUT2D eigenvalue weighted by molar-refractivity contribution is 0.0699. The second-order valence-corrected chi connectivity index (χ2v) is 12.1. The first kappa shape index (κ1) is 27.2. The molecule has 1 aliphatic heterocycles. The minimum atomic E-state index is -3.93. The largest absolute Gasteiger partial charge is 0.478 e. The summed E-state index contributed by atoms with van der Waals surface area (Å²) in [4.78, 5) is 21.6. The van der Waals surface area contributed by atoms with Crippen molar-refractivity contribution in [2.24, 2.45) is 5.92 Å². The van der Waals surface area contributed by atoms with Crippen LogP contribution >= 0.6 is 11.6 Å². The Kier molecular flexibility index (Phi) is 7.96. The van der Waals surface area contributed by atoms with Gasteiger partial charge >= 0.3 is 5.97 Å². The van der Waals surface area contributed by atoms with Gasteiger partial charge in [-0.15, -0.1) is 0 Å². The number of hydrogen-bond donors (Lipinski definition) is 2. The van der Waals surface area contributed by atoms with E-state index >= 15 is 0 Å². The maximum absolute atomic E-state index is 13.0. The van der Waals surface area contributed by atoms with Gasteiger partial charge in [0.15, 0.2) is 0 Å². The van der Waals surface area contributed by atoms with E-state index in [0.717, 1.165) is 32.6 Å². The normalized spacial score (nSPS) is 15.8. The molecule has 2 heterocycles. The van der Waals surface area contributed by atoms with E-state index in [1.807, 2.05) is 0 Å². The highest BCUT2D eigenvalue weighted by atomic mass is 35.5. The molecule has 3 aromatic rings. The van der Waals surface area contributed by atoms with Gasteiger partial charge in [-0.1, -0.05) is 31.5 Å². The van der Waals surface area contributed by atoms with Crippen molar-refractivity contribution in [3.8, 4) is 0 Å². The van der Waals surface area contributed by atoms with Gasteiger partial charge in [-0.05, 0) is 68.1 Å². The Morgan fingerprint density at radius 2 is 1.81 bits per heavy atom. The van der Waals surface area contributed by atoms with E-state index in [1.165, 1.54) is 12.1 Å². The number of anilines is 2. The molecule has 0 bridgehead atoms. The molecule has 0 amide bonds. The number of nitrogens with one attached hydrogen (secondary N) is 1. The monoisotopic (exact) mass is 544 g/mol. The molecular formula is C27H33ClN4O4S. The Bertz CT molecular complexity index is 1420. The fourth-order valence-corrected chi connectivity index (χ4v) is 6.47. The molecule has 1 unspecified atom stereocenters. The van der Waals surface area contributed by atoms with Gasteiger partial charge in [-0.2, -0.15) is 0 Å². The highest BCUT2D eigenvalue weighted by Gasteiger charge is 2.24. The summed E-state index contributed by atoms with van der Waals surface area (Å²) in [6.45, 7) is 11.6. The van der Waals surface area contributed by atoms with Crippen LogP contribution in [-0.4, -0.2) is 61.6 Å². The number of nitrogens with zero attached hydrogens (tertiary/aromatic N) is 3. The first-order chi connectivity index (χ1) is 17.5. The number of carboxylic acids is 1. The Balaban J connectivity index is 1.60. The summed E-state index contributed by atoms with van der Waals surface area (Å²) in [5.41, 5.74) is 1.26. The quantitative estimate of drug-likeness (QED) is 0.399. The van der Waals surface area contributed by atoms with Crippen molar-refractivity contribution < 1.29 is 18.3 Å². The lowest BCUT2D eigenvalue weighted by atomic mass is 10.0. The van der Waals surface area contributed by atoms with Crippen LogP contribution in [0.2, 0.25) is 5.02 Å². The molecule has 2 aromatic carbocycles. The molecule has 0 saturated carbocycles. The van der Waals surface area contributed by atoms with Crippen LogP contribution in [0.25, 0.3) is 10.9 Å². The van der Waals surface area contributed by atoms with Crippen molar-refractivity contribution >= 4 is 50.0 Å². The molecule has 0 radical (unpaired) electrons. The molecule has 1 atom stereocenters. The minimum absolute atomic E-state index is 0.0638.